The molecule has 0 aliphatic carbocycles. The van der Waals surface area contributed by atoms with Crippen LogP contribution in [-0.2, 0) is 11.0 Å². The minimum absolute atomic E-state index is 0.222. The van der Waals surface area contributed by atoms with E-state index < -0.39 is 17.7 Å². The molecule has 1 heterocycles. The molecular formula is C11H11F3N2O. The third-order valence-corrected chi connectivity index (χ3v) is 2.84. The van der Waals surface area contributed by atoms with Crippen LogP contribution < -0.4 is 11.1 Å². The van der Waals surface area contributed by atoms with E-state index in [4.69, 9.17) is 5.73 Å². The number of alkyl halides is 3. The second-order valence-corrected chi connectivity index (χ2v) is 3.97. The van der Waals surface area contributed by atoms with Gasteiger partial charge < -0.3 is 11.1 Å². The summed E-state index contributed by atoms with van der Waals surface area (Å²) in [6.07, 6.45) is -3.94. The zero-order chi connectivity index (χ0) is 12.6. The van der Waals surface area contributed by atoms with Gasteiger partial charge in [0, 0.05) is 12.2 Å². The van der Waals surface area contributed by atoms with E-state index in [0.29, 0.717) is 13.0 Å². The van der Waals surface area contributed by atoms with Crippen molar-refractivity contribution < 1.29 is 18.0 Å². The number of nitrogen functional groups attached to an aromatic ring is 1. The molecule has 1 saturated heterocycles. The van der Waals surface area contributed by atoms with E-state index in [1.165, 1.54) is 6.07 Å². The fraction of sp³-hybridized carbons (Fsp3) is 0.364. The summed E-state index contributed by atoms with van der Waals surface area (Å²) in [5, 5.41) is 2.58. The van der Waals surface area contributed by atoms with Gasteiger partial charge in [-0.3, -0.25) is 4.79 Å². The number of nitrogens with one attached hydrogen (secondary N) is 1. The maximum absolute atomic E-state index is 12.5. The predicted octanol–water partition coefficient (Wildman–Crippen LogP) is 1.89. The zero-order valence-corrected chi connectivity index (χ0v) is 8.84. The van der Waals surface area contributed by atoms with Crippen LogP contribution in [0.4, 0.5) is 18.9 Å². The van der Waals surface area contributed by atoms with E-state index >= 15 is 0 Å². The molecule has 0 aromatic heterocycles. The third-order valence-electron chi connectivity index (χ3n) is 2.84. The first kappa shape index (κ1) is 11.8. The van der Waals surface area contributed by atoms with Crippen molar-refractivity contribution in [1.29, 1.82) is 0 Å². The molecule has 0 saturated carbocycles. The largest absolute Gasteiger partial charge is 0.416 e. The molecule has 6 heteroatoms. The molecule has 1 unspecified atom stereocenters. The van der Waals surface area contributed by atoms with Crippen molar-refractivity contribution in [3.8, 4) is 0 Å². The average molecular weight is 244 g/mol. The molecule has 0 radical (unpaired) electrons. The van der Waals surface area contributed by atoms with Gasteiger partial charge in [0.2, 0.25) is 5.91 Å². The second kappa shape index (κ2) is 3.94. The molecule has 0 spiro atoms. The fourth-order valence-electron chi connectivity index (χ4n) is 1.94. The Morgan fingerprint density at radius 1 is 1.35 bits per heavy atom. The van der Waals surface area contributed by atoms with Crippen LogP contribution in [0.5, 0.6) is 0 Å². The van der Waals surface area contributed by atoms with Crippen LogP contribution in [0.15, 0.2) is 18.2 Å². The molecule has 1 aromatic carbocycles. The summed E-state index contributed by atoms with van der Waals surface area (Å²) in [7, 11) is 0. The van der Waals surface area contributed by atoms with Gasteiger partial charge in [0.1, 0.15) is 0 Å². The topological polar surface area (TPSA) is 55.1 Å². The molecule has 2 rings (SSSR count). The van der Waals surface area contributed by atoms with Crippen LogP contribution >= 0.6 is 0 Å². The molecular weight excluding hydrogens is 233 g/mol. The SMILES string of the molecule is Nc1ccc(C(F)(F)F)cc1C1CCNC1=O. The normalized spacial score (nSPS) is 20.4. The third kappa shape index (κ3) is 2.20. The Labute approximate surface area is 95.8 Å². The molecule has 92 valence electrons. The van der Waals surface area contributed by atoms with E-state index in [1.807, 2.05) is 0 Å². The molecule has 1 aliphatic heterocycles. The number of halogens is 3. The molecule has 0 bridgehead atoms. The van der Waals surface area contributed by atoms with Crippen molar-refractivity contribution in [2.45, 2.75) is 18.5 Å². The summed E-state index contributed by atoms with van der Waals surface area (Å²) >= 11 is 0. The van der Waals surface area contributed by atoms with Gasteiger partial charge in [0.15, 0.2) is 0 Å². The summed E-state index contributed by atoms with van der Waals surface area (Å²) in [6, 6.07) is 3.08. The first-order valence-corrected chi connectivity index (χ1v) is 5.14. The van der Waals surface area contributed by atoms with Crippen LogP contribution in [-0.4, -0.2) is 12.5 Å². The zero-order valence-electron chi connectivity index (χ0n) is 8.84. The fourth-order valence-corrected chi connectivity index (χ4v) is 1.94. The maximum atomic E-state index is 12.5. The molecule has 3 N–H and O–H groups in total. The highest BCUT2D eigenvalue weighted by atomic mass is 19.4. The minimum Gasteiger partial charge on any atom is -0.398 e. The smallest absolute Gasteiger partial charge is 0.398 e. The Morgan fingerprint density at radius 2 is 2.06 bits per heavy atom. The number of carbonyl (C=O) groups excluding carboxylic acids is 1. The number of hydrogen-bond acceptors (Lipinski definition) is 2. The van der Waals surface area contributed by atoms with Crippen molar-refractivity contribution in [3.63, 3.8) is 0 Å². The Balaban J connectivity index is 2.42. The van der Waals surface area contributed by atoms with Crippen molar-refractivity contribution in [1.82, 2.24) is 5.32 Å². The van der Waals surface area contributed by atoms with Crippen molar-refractivity contribution in [2.75, 3.05) is 12.3 Å². The highest BCUT2D eigenvalue weighted by molar-refractivity contribution is 5.87. The number of nitrogens with two attached hydrogens (primary N) is 1. The van der Waals surface area contributed by atoms with E-state index in [-0.39, 0.29) is 17.2 Å². The summed E-state index contributed by atoms with van der Waals surface area (Å²) < 4.78 is 37.6. The standard InChI is InChI=1S/C11H11F3N2O/c12-11(13,14)6-1-2-9(15)8(5-6)7-3-4-16-10(7)17/h1-2,5,7H,3-4,15H2,(H,16,17). The number of rotatable bonds is 1. The van der Waals surface area contributed by atoms with Crippen LogP contribution in [0.3, 0.4) is 0 Å². The van der Waals surface area contributed by atoms with Gasteiger partial charge in [-0.2, -0.15) is 13.2 Å². The molecule has 1 aliphatic rings. The Morgan fingerprint density at radius 3 is 2.59 bits per heavy atom. The number of benzene rings is 1. The van der Waals surface area contributed by atoms with Crippen molar-refractivity contribution in [3.05, 3.63) is 29.3 Å². The Kier molecular flexibility index (Phi) is 2.73. The molecule has 1 atom stereocenters. The highest BCUT2D eigenvalue weighted by Gasteiger charge is 2.33. The predicted molar refractivity (Wildman–Crippen MR) is 56.2 cm³/mol. The van der Waals surface area contributed by atoms with E-state index in [0.717, 1.165) is 12.1 Å². The van der Waals surface area contributed by atoms with Gasteiger partial charge in [-0.05, 0) is 30.2 Å². The van der Waals surface area contributed by atoms with Crippen LogP contribution in [0.2, 0.25) is 0 Å². The molecule has 1 aromatic rings. The van der Waals surface area contributed by atoms with E-state index in [2.05, 4.69) is 5.32 Å². The van der Waals surface area contributed by atoms with Gasteiger partial charge >= 0.3 is 6.18 Å². The average Bonchev–Trinajstić information content (AvgIpc) is 2.63. The minimum atomic E-state index is -4.42. The Bertz CT molecular complexity index is 457. The number of carbonyl (C=O) groups is 1. The first-order valence-electron chi connectivity index (χ1n) is 5.14. The summed E-state index contributed by atoms with van der Waals surface area (Å²) in [6.45, 7) is 0.471. The van der Waals surface area contributed by atoms with Gasteiger partial charge in [-0.1, -0.05) is 0 Å². The summed E-state index contributed by atoms with van der Waals surface area (Å²) in [5.41, 5.74) is 5.33. The maximum Gasteiger partial charge on any atom is 0.416 e. The molecule has 3 nitrogen and oxygen atoms in total. The number of amides is 1. The lowest BCUT2D eigenvalue weighted by molar-refractivity contribution is -0.137. The lowest BCUT2D eigenvalue weighted by Gasteiger charge is -2.14. The van der Waals surface area contributed by atoms with E-state index in [9.17, 15) is 18.0 Å². The van der Waals surface area contributed by atoms with Crippen molar-refractivity contribution >= 4 is 11.6 Å². The Hall–Kier alpha value is -1.72. The highest BCUT2D eigenvalue weighted by Crippen LogP contribution is 2.35. The molecule has 1 amide bonds. The molecule has 17 heavy (non-hydrogen) atoms. The van der Waals surface area contributed by atoms with Gasteiger partial charge in [-0.25, -0.2) is 0 Å². The lowest BCUT2D eigenvalue weighted by Crippen LogP contribution is -2.19. The van der Waals surface area contributed by atoms with Gasteiger partial charge in [-0.15, -0.1) is 0 Å². The lowest BCUT2D eigenvalue weighted by atomic mass is 9.94. The monoisotopic (exact) mass is 244 g/mol. The number of hydrogen-bond donors (Lipinski definition) is 2. The second-order valence-electron chi connectivity index (χ2n) is 3.97. The van der Waals surface area contributed by atoms with Crippen LogP contribution in [0.25, 0.3) is 0 Å². The van der Waals surface area contributed by atoms with Gasteiger partial charge in [0.25, 0.3) is 0 Å². The first-order chi connectivity index (χ1) is 7.89. The summed E-state index contributed by atoms with van der Waals surface area (Å²) in [5.74, 6) is -0.840. The van der Waals surface area contributed by atoms with Crippen LogP contribution in [0, 0.1) is 0 Å². The van der Waals surface area contributed by atoms with Gasteiger partial charge in [0.05, 0.1) is 11.5 Å². The van der Waals surface area contributed by atoms with Crippen LogP contribution in [0.1, 0.15) is 23.5 Å². The number of anilines is 1. The quantitative estimate of drug-likeness (QED) is 0.741. The van der Waals surface area contributed by atoms with E-state index in [1.54, 1.807) is 0 Å². The van der Waals surface area contributed by atoms with Crippen molar-refractivity contribution in [2.24, 2.45) is 0 Å². The molecule has 1 fully saturated rings. The summed E-state index contributed by atoms with van der Waals surface area (Å²) in [4.78, 5) is 11.4.